The van der Waals surface area contributed by atoms with E-state index in [4.69, 9.17) is 9.73 Å². The van der Waals surface area contributed by atoms with E-state index in [0.29, 0.717) is 13.0 Å². The molecule has 1 fully saturated rings. The molecule has 1 atom stereocenters. The summed E-state index contributed by atoms with van der Waals surface area (Å²) in [6.45, 7) is 6.83. The van der Waals surface area contributed by atoms with Crippen molar-refractivity contribution in [1.82, 2.24) is 15.5 Å². The summed E-state index contributed by atoms with van der Waals surface area (Å²) >= 11 is 0. The molecule has 0 bridgehead atoms. The number of likely N-dealkylation sites (tertiary alicyclic amines) is 1. The maximum Gasteiger partial charge on any atom is 0.222 e. The van der Waals surface area contributed by atoms with Crippen molar-refractivity contribution in [2.75, 3.05) is 19.6 Å². The molecule has 2 N–H and O–H groups in total. The Hall–Kier alpha value is -3.02. The number of rotatable bonds is 7. The van der Waals surface area contributed by atoms with Crippen LogP contribution in [-0.4, -0.2) is 42.4 Å². The average Bonchev–Trinajstić information content (AvgIpc) is 3.21. The molecule has 0 aromatic heterocycles. The molecule has 0 saturated carbocycles. The van der Waals surface area contributed by atoms with E-state index in [9.17, 15) is 4.79 Å². The summed E-state index contributed by atoms with van der Waals surface area (Å²) in [5.74, 6) is 2.60. The van der Waals surface area contributed by atoms with E-state index in [0.717, 1.165) is 49.1 Å². The first-order valence-corrected chi connectivity index (χ1v) is 10.3. The van der Waals surface area contributed by atoms with E-state index in [1.165, 1.54) is 0 Å². The van der Waals surface area contributed by atoms with Crippen LogP contribution in [0.1, 0.15) is 32.3 Å². The molecule has 1 aliphatic heterocycles. The summed E-state index contributed by atoms with van der Waals surface area (Å²) in [4.78, 5) is 18.5. The van der Waals surface area contributed by atoms with E-state index in [1.54, 1.807) is 0 Å². The van der Waals surface area contributed by atoms with Crippen LogP contribution in [0.15, 0.2) is 59.6 Å². The van der Waals surface area contributed by atoms with Crippen LogP contribution in [0.2, 0.25) is 0 Å². The number of nitrogens with zero attached hydrogens (tertiary/aromatic N) is 2. The van der Waals surface area contributed by atoms with Crippen LogP contribution in [0.25, 0.3) is 0 Å². The predicted octanol–water partition coefficient (Wildman–Crippen LogP) is 3.54. The molecule has 0 radical (unpaired) electrons. The Bertz CT molecular complexity index is 823. The number of carbonyl (C=O) groups excluding carboxylic acids is 1. The highest BCUT2D eigenvalue weighted by atomic mass is 16.5. The van der Waals surface area contributed by atoms with Gasteiger partial charge in [0.1, 0.15) is 11.5 Å². The number of aliphatic imine (C=N–C) groups is 1. The van der Waals surface area contributed by atoms with Gasteiger partial charge in [0.05, 0.1) is 6.54 Å². The first-order valence-electron chi connectivity index (χ1n) is 10.3. The molecule has 6 heteroatoms. The number of hydrogen-bond donors (Lipinski definition) is 2. The zero-order chi connectivity index (χ0) is 20.5. The van der Waals surface area contributed by atoms with Gasteiger partial charge in [-0.2, -0.15) is 0 Å². The van der Waals surface area contributed by atoms with Crippen molar-refractivity contribution in [3.63, 3.8) is 0 Å². The van der Waals surface area contributed by atoms with E-state index in [2.05, 4.69) is 10.6 Å². The standard InChI is InChI=1S/C23H30N4O2/c1-3-22(28)27-14-13-19(17-27)26-23(24-4-2)25-16-18-9-8-12-21(15-18)29-20-10-6-5-7-11-20/h5-12,15,19H,3-4,13-14,16-17H2,1-2H3,(H2,24,25,26). The molecular formula is C23H30N4O2. The van der Waals surface area contributed by atoms with Gasteiger partial charge in [0, 0.05) is 32.1 Å². The molecule has 1 saturated heterocycles. The third kappa shape index (κ3) is 6.24. The Kier molecular flexibility index (Phi) is 7.50. The van der Waals surface area contributed by atoms with E-state index < -0.39 is 0 Å². The number of amides is 1. The number of para-hydroxylation sites is 1. The Morgan fingerprint density at radius 2 is 1.93 bits per heavy atom. The molecule has 29 heavy (non-hydrogen) atoms. The monoisotopic (exact) mass is 394 g/mol. The second-order valence-electron chi connectivity index (χ2n) is 7.08. The molecule has 1 heterocycles. The van der Waals surface area contributed by atoms with Crippen LogP contribution >= 0.6 is 0 Å². The zero-order valence-corrected chi connectivity index (χ0v) is 17.2. The van der Waals surface area contributed by atoms with Crippen molar-refractivity contribution in [3.8, 4) is 11.5 Å². The minimum absolute atomic E-state index is 0.214. The lowest BCUT2D eigenvalue weighted by Crippen LogP contribution is -2.45. The Balaban J connectivity index is 1.60. The fraction of sp³-hybridized carbons (Fsp3) is 0.391. The first kappa shape index (κ1) is 20.7. The van der Waals surface area contributed by atoms with Crippen molar-refractivity contribution in [1.29, 1.82) is 0 Å². The highest BCUT2D eigenvalue weighted by Gasteiger charge is 2.25. The van der Waals surface area contributed by atoms with E-state index >= 15 is 0 Å². The van der Waals surface area contributed by atoms with Crippen molar-refractivity contribution >= 4 is 11.9 Å². The van der Waals surface area contributed by atoms with Gasteiger partial charge in [-0.25, -0.2) is 4.99 Å². The third-order valence-corrected chi connectivity index (χ3v) is 4.83. The SMILES string of the molecule is CCNC(=NCc1cccc(Oc2ccccc2)c1)NC1CCN(C(=O)CC)C1. The lowest BCUT2D eigenvalue weighted by Gasteiger charge is -2.18. The lowest BCUT2D eigenvalue weighted by molar-refractivity contribution is -0.129. The number of ether oxygens (including phenoxy) is 1. The average molecular weight is 395 g/mol. The maximum atomic E-state index is 11.9. The molecule has 1 aliphatic rings. The molecule has 1 amide bonds. The van der Waals surface area contributed by atoms with Gasteiger partial charge in [-0.1, -0.05) is 37.3 Å². The second-order valence-corrected chi connectivity index (χ2v) is 7.08. The largest absolute Gasteiger partial charge is 0.457 e. The van der Waals surface area contributed by atoms with Crippen molar-refractivity contribution in [2.45, 2.75) is 39.3 Å². The summed E-state index contributed by atoms with van der Waals surface area (Å²) in [6.07, 6.45) is 1.50. The van der Waals surface area contributed by atoms with Crippen LogP contribution in [0.5, 0.6) is 11.5 Å². The summed E-state index contributed by atoms with van der Waals surface area (Å²) in [5, 5.41) is 6.76. The molecule has 2 aromatic carbocycles. The second kappa shape index (κ2) is 10.5. The van der Waals surface area contributed by atoms with Crippen LogP contribution in [0.3, 0.4) is 0 Å². The summed E-state index contributed by atoms with van der Waals surface area (Å²) in [7, 11) is 0. The molecular weight excluding hydrogens is 364 g/mol. The fourth-order valence-electron chi connectivity index (χ4n) is 3.34. The Morgan fingerprint density at radius 1 is 1.14 bits per heavy atom. The van der Waals surface area contributed by atoms with Crippen LogP contribution in [0, 0.1) is 0 Å². The van der Waals surface area contributed by atoms with Gasteiger partial charge in [-0.15, -0.1) is 0 Å². The van der Waals surface area contributed by atoms with Gasteiger partial charge in [0.15, 0.2) is 5.96 Å². The van der Waals surface area contributed by atoms with Crippen LogP contribution in [-0.2, 0) is 11.3 Å². The number of nitrogens with one attached hydrogen (secondary N) is 2. The van der Waals surface area contributed by atoms with Gasteiger partial charge >= 0.3 is 0 Å². The Labute approximate surface area is 173 Å². The summed E-state index contributed by atoms with van der Waals surface area (Å²) in [6, 6.07) is 18.0. The number of guanidine groups is 1. The fourth-order valence-corrected chi connectivity index (χ4v) is 3.34. The molecule has 0 spiro atoms. The van der Waals surface area contributed by atoms with Crippen molar-refractivity contribution in [2.24, 2.45) is 4.99 Å². The highest BCUT2D eigenvalue weighted by molar-refractivity contribution is 5.80. The quantitative estimate of drug-likeness (QED) is 0.557. The van der Waals surface area contributed by atoms with Gasteiger partial charge < -0.3 is 20.3 Å². The molecule has 2 aromatic rings. The minimum Gasteiger partial charge on any atom is -0.457 e. The molecule has 3 rings (SSSR count). The highest BCUT2D eigenvalue weighted by Crippen LogP contribution is 2.22. The van der Waals surface area contributed by atoms with Crippen molar-refractivity contribution < 1.29 is 9.53 Å². The Morgan fingerprint density at radius 3 is 2.69 bits per heavy atom. The van der Waals surface area contributed by atoms with Crippen LogP contribution in [0.4, 0.5) is 0 Å². The van der Waals surface area contributed by atoms with E-state index in [-0.39, 0.29) is 11.9 Å². The summed E-state index contributed by atoms with van der Waals surface area (Å²) in [5.41, 5.74) is 1.07. The number of hydrogen-bond acceptors (Lipinski definition) is 3. The van der Waals surface area contributed by atoms with Gasteiger partial charge in [-0.05, 0) is 43.2 Å². The van der Waals surface area contributed by atoms with E-state index in [1.807, 2.05) is 73.3 Å². The lowest BCUT2D eigenvalue weighted by atomic mass is 10.2. The normalized spacial score (nSPS) is 16.6. The van der Waals surface area contributed by atoms with Gasteiger partial charge in [0.25, 0.3) is 0 Å². The van der Waals surface area contributed by atoms with Gasteiger partial charge in [0.2, 0.25) is 5.91 Å². The smallest absolute Gasteiger partial charge is 0.222 e. The molecule has 6 nitrogen and oxygen atoms in total. The molecule has 1 unspecified atom stereocenters. The zero-order valence-electron chi connectivity index (χ0n) is 17.2. The molecule has 154 valence electrons. The topological polar surface area (TPSA) is 66.0 Å². The predicted molar refractivity (Wildman–Crippen MR) is 116 cm³/mol. The van der Waals surface area contributed by atoms with Gasteiger partial charge in [-0.3, -0.25) is 4.79 Å². The minimum atomic E-state index is 0.214. The number of benzene rings is 2. The molecule has 0 aliphatic carbocycles. The number of carbonyl (C=O) groups is 1. The summed E-state index contributed by atoms with van der Waals surface area (Å²) < 4.78 is 5.91. The third-order valence-electron chi connectivity index (χ3n) is 4.83. The van der Waals surface area contributed by atoms with Crippen LogP contribution < -0.4 is 15.4 Å². The maximum absolute atomic E-state index is 11.9. The first-order chi connectivity index (χ1) is 14.2. The van der Waals surface area contributed by atoms with Crippen molar-refractivity contribution in [3.05, 3.63) is 60.2 Å².